The van der Waals surface area contributed by atoms with E-state index in [4.69, 9.17) is 0 Å². The average Bonchev–Trinajstić information content (AvgIpc) is 2.61. The van der Waals surface area contributed by atoms with E-state index in [-0.39, 0.29) is 18.0 Å². The molecule has 2 aromatic carbocycles. The predicted molar refractivity (Wildman–Crippen MR) is 99.2 cm³/mol. The molecule has 0 amide bonds. The van der Waals surface area contributed by atoms with Crippen molar-refractivity contribution in [1.29, 1.82) is 0 Å². The van der Waals surface area contributed by atoms with Crippen LogP contribution in [0.4, 0.5) is 8.78 Å². The maximum Gasteiger partial charge on any atom is 0.298 e. The lowest BCUT2D eigenvalue weighted by molar-refractivity contribution is 0.215. The number of hydrogen-bond acceptors (Lipinski definition) is 2. The van der Waals surface area contributed by atoms with Gasteiger partial charge in [0.1, 0.15) is 0 Å². The van der Waals surface area contributed by atoms with Crippen LogP contribution in [0.2, 0.25) is 0 Å². The summed E-state index contributed by atoms with van der Waals surface area (Å²) in [6.45, 7) is 1.58. The van der Waals surface area contributed by atoms with E-state index in [1.54, 1.807) is 30.2 Å². The van der Waals surface area contributed by atoms with Crippen molar-refractivity contribution in [2.24, 2.45) is 0 Å². The fourth-order valence-corrected chi connectivity index (χ4v) is 3.48. The molecule has 2 aromatic rings. The molecule has 0 atom stereocenters. The smallest absolute Gasteiger partial charge is 0.207 e. The minimum atomic E-state index is -3.84. The Labute approximate surface area is 153 Å². The number of benzene rings is 2. The summed E-state index contributed by atoms with van der Waals surface area (Å²) >= 11 is 0. The summed E-state index contributed by atoms with van der Waals surface area (Å²) in [5.41, 5.74) is 1.84. The summed E-state index contributed by atoms with van der Waals surface area (Å²) in [6.07, 6.45) is 0.655. The van der Waals surface area contributed by atoms with Crippen LogP contribution in [0.25, 0.3) is 6.08 Å². The Morgan fingerprint density at radius 1 is 1.08 bits per heavy atom. The van der Waals surface area contributed by atoms with E-state index in [2.05, 4.69) is 5.92 Å². The Balaban J connectivity index is 2.23. The molecule has 3 nitrogen and oxygen atoms in total. The molecule has 0 aliphatic rings. The topological polar surface area (TPSA) is 37.4 Å². The first-order chi connectivity index (χ1) is 12.4. The van der Waals surface area contributed by atoms with Crippen molar-refractivity contribution in [3.05, 3.63) is 71.8 Å². The van der Waals surface area contributed by atoms with Gasteiger partial charge >= 0.3 is 0 Å². The lowest BCUT2D eigenvalue weighted by atomic mass is 10.2. The van der Waals surface area contributed by atoms with Gasteiger partial charge in [0.2, 0.25) is 10.0 Å². The van der Waals surface area contributed by atoms with Gasteiger partial charge in [0, 0.05) is 6.54 Å². The van der Waals surface area contributed by atoms with Crippen molar-refractivity contribution < 1.29 is 17.2 Å². The first-order valence-corrected chi connectivity index (χ1v) is 9.38. The van der Waals surface area contributed by atoms with Gasteiger partial charge in [-0.3, -0.25) is 0 Å². The van der Waals surface area contributed by atoms with Crippen molar-refractivity contribution in [1.82, 2.24) is 4.31 Å². The van der Waals surface area contributed by atoms with E-state index < -0.39 is 16.4 Å². The van der Waals surface area contributed by atoms with Gasteiger partial charge in [0.25, 0.3) is 6.43 Å². The van der Waals surface area contributed by atoms with Crippen LogP contribution in [0.15, 0.2) is 65.6 Å². The molecule has 0 aliphatic carbocycles. The van der Waals surface area contributed by atoms with Crippen molar-refractivity contribution in [2.45, 2.75) is 18.2 Å². The van der Waals surface area contributed by atoms with Gasteiger partial charge < -0.3 is 0 Å². The van der Waals surface area contributed by atoms with E-state index in [0.29, 0.717) is 0 Å². The van der Waals surface area contributed by atoms with E-state index >= 15 is 0 Å². The molecule has 0 saturated carbocycles. The highest BCUT2D eigenvalue weighted by Crippen LogP contribution is 2.16. The van der Waals surface area contributed by atoms with E-state index in [9.17, 15) is 17.2 Å². The van der Waals surface area contributed by atoms with Gasteiger partial charge in [-0.25, -0.2) is 8.42 Å². The molecule has 0 aliphatic heterocycles. The molecule has 2 rings (SSSR count). The highest BCUT2D eigenvalue weighted by molar-refractivity contribution is 7.89. The summed E-state index contributed by atoms with van der Waals surface area (Å²) in [6, 6.07) is 15.8. The molecule has 0 unspecified atom stereocenters. The largest absolute Gasteiger partial charge is 0.298 e. The fraction of sp³-hybridized carbons (Fsp3) is 0.200. The Kier molecular flexibility index (Phi) is 7.07. The summed E-state index contributed by atoms with van der Waals surface area (Å²) in [7, 11) is -3.84. The average molecular weight is 375 g/mol. The summed E-state index contributed by atoms with van der Waals surface area (Å²) in [4.78, 5) is 0.107. The molecule has 6 heteroatoms. The monoisotopic (exact) mass is 375 g/mol. The number of alkyl halides is 2. The van der Waals surface area contributed by atoms with Crippen LogP contribution in [0, 0.1) is 18.8 Å². The normalized spacial score (nSPS) is 11.7. The maximum atomic E-state index is 12.8. The van der Waals surface area contributed by atoms with Gasteiger partial charge in [-0.05, 0) is 30.5 Å². The Hall–Kier alpha value is -2.49. The second-order valence-electron chi connectivity index (χ2n) is 5.55. The third-order valence-electron chi connectivity index (χ3n) is 3.54. The molecule has 0 spiro atoms. The number of aryl methyl sites for hydroxylation is 1. The molecule has 26 heavy (non-hydrogen) atoms. The summed E-state index contributed by atoms with van der Waals surface area (Å²) in [5.74, 6) is 3.94. The number of nitrogens with zero attached hydrogens (tertiary/aromatic N) is 1. The molecule has 0 bridgehead atoms. The number of halogens is 2. The molecule has 0 fully saturated rings. The number of hydrogen-bond donors (Lipinski definition) is 0. The second kappa shape index (κ2) is 9.27. The number of rotatable bonds is 6. The number of sulfonamides is 1. The maximum absolute atomic E-state index is 12.8. The zero-order chi connectivity index (χ0) is 19.0. The summed E-state index contributed by atoms with van der Waals surface area (Å²) in [5, 5.41) is 0. The minimum absolute atomic E-state index is 0.0308. The van der Waals surface area contributed by atoms with Crippen molar-refractivity contribution in [3.63, 3.8) is 0 Å². The lowest BCUT2D eigenvalue weighted by Gasteiger charge is -2.18. The van der Waals surface area contributed by atoms with E-state index in [1.165, 1.54) is 12.1 Å². The van der Waals surface area contributed by atoms with Crippen LogP contribution in [0.5, 0.6) is 0 Å². The van der Waals surface area contributed by atoms with E-state index in [1.807, 2.05) is 37.3 Å². The lowest BCUT2D eigenvalue weighted by Crippen LogP contribution is -2.31. The third kappa shape index (κ3) is 5.80. The van der Waals surface area contributed by atoms with Crippen molar-refractivity contribution in [3.8, 4) is 11.8 Å². The molecule has 0 saturated heterocycles. The molecule has 0 radical (unpaired) electrons. The van der Waals surface area contributed by atoms with Crippen LogP contribution in [0.1, 0.15) is 11.1 Å². The van der Waals surface area contributed by atoms with Crippen molar-refractivity contribution >= 4 is 16.1 Å². The molecular weight excluding hydrogens is 356 g/mol. The van der Waals surface area contributed by atoms with Crippen LogP contribution in [-0.2, 0) is 10.0 Å². The SMILES string of the molecule is Cc1ccc(S(=O)(=O)N(CC#CC(F)F)C/C=C/c2ccccc2)cc1. The predicted octanol–water partition coefficient (Wildman–Crippen LogP) is 3.97. The van der Waals surface area contributed by atoms with Crippen LogP contribution >= 0.6 is 0 Å². The first-order valence-electron chi connectivity index (χ1n) is 7.94. The molecule has 0 N–H and O–H groups in total. The van der Waals surface area contributed by atoms with E-state index in [0.717, 1.165) is 15.4 Å². The standard InChI is InChI=1S/C20H19F2NO2S/c1-17-11-13-19(14-12-17)26(24,25)23(16-6-10-20(21)22)15-5-9-18-7-3-2-4-8-18/h2-5,7-9,11-14,20H,15-16H2,1H3/b9-5+. The van der Waals surface area contributed by atoms with Gasteiger partial charge in [-0.15, -0.1) is 0 Å². The third-order valence-corrected chi connectivity index (χ3v) is 5.37. The van der Waals surface area contributed by atoms with Crippen LogP contribution < -0.4 is 0 Å². The molecule has 0 aromatic heterocycles. The first kappa shape index (κ1) is 19.8. The zero-order valence-electron chi connectivity index (χ0n) is 14.3. The highest BCUT2D eigenvalue weighted by atomic mass is 32.2. The van der Waals surface area contributed by atoms with Gasteiger partial charge in [-0.2, -0.15) is 13.1 Å². The highest BCUT2D eigenvalue weighted by Gasteiger charge is 2.22. The van der Waals surface area contributed by atoms with Crippen molar-refractivity contribution in [2.75, 3.05) is 13.1 Å². The molecule has 136 valence electrons. The fourth-order valence-electron chi connectivity index (χ4n) is 2.19. The molecular formula is C20H19F2NO2S. The van der Waals surface area contributed by atoms with Gasteiger partial charge in [-0.1, -0.05) is 66.1 Å². The zero-order valence-corrected chi connectivity index (χ0v) is 15.1. The Morgan fingerprint density at radius 2 is 1.73 bits per heavy atom. The van der Waals surface area contributed by atoms with Crippen LogP contribution in [-0.4, -0.2) is 32.2 Å². The second-order valence-corrected chi connectivity index (χ2v) is 7.48. The summed E-state index contributed by atoms with van der Waals surface area (Å²) < 4.78 is 51.2. The quantitative estimate of drug-likeness (QED) is 0.717. The van der Waals surface area contributed by atoms with Crippen LogP contribution in [0.3, 0.4) is 0 Å². The minimum Gasteiger partial charge on any atom is -0.207 e. The Bertz CT molecular complexity index is 896. The van der Waals surface area contributed by atoms with Gasteiger partial charge in [0.15, 0.2) is 0 Å². The molecule has 0 heterocycles. The van der Waals surface area contributed by atoms with Gasteiger partial charge in [0.05, 0.1) is 11.4 Å². The Morgan fingerprint density at radius 3 is 2.35 bits per heavy atom.